The van der Waals surface area contributed by atoms with E-state index in [-0.39, 0.29) is 5.75 Å². The molecule has 96 valence electrons. The van der Waals surface area contributed by atoms with E-state index in [1.54, 1.807) is 24.5 Å². The minimum absolute atomic E-state index is 0.251. The summed E-state index contributed by atoms with van der Waals surface area (Å²) in [5.74, 6) is 0.251. The van der Waals surface area contributed by atoms with E-state index in [4.69, 9.17) is 4.42 Å². The second-order valence-corrected chi connectivity index (χ2v) is 4.89. The molecule has 0 unspecified atom stereocenters. The van der Waals surface area contributed by atoms with E-state index in [0.29, 0.717) is 0 Å². The molecule has 0 fully saturated rings. The van der Waals surface area contributed by atoms with Crippen LogP contribution in [0.3, 0.4) is 0 Å². The Morgan fingerprint density at radius 1 is 0.800 bits per heavy atom. The summed E-state index contributed by atoms with van der Waals surface area (Å²) in [5.41, 5.74) is 2.88. The maximum absolute atomic E-state index is 9.65. The van der Waals surface area contributed by atoms with Crippen molar-refractivity contribution in [2.24, 2.45) is 0 Å². The van der Waals surface area contributed by atoms with Crippen LogP contribution in [-0.2, 0) is 0 Å². The summed E-state index contributed by atoms with van der Waals surface area (Å²) in [7, 11) is 0. The first-order valence-electron chi connectivity index (χ1n) is 6.51. The van der Waals surface area contributed by atoms with E-state index in [2.05, 4.69) is 30.3 Å². The number of hydrogen-bond donors (Lipinski definition) is 1. The SMILES string of the molecule is Oc1ccc2occ(-c3ccc4ccccc4c3)c2c1. The van der Waals surface area contributed by atoms with Crippen molar-refractivity contribution in [2.45, 2.75) is 0 Å². The highest BCUT2D eigenvalue weighted by Gasteiger charge is 2.09. The molecule has 0 saturated heterocycles. The van der Waals surface area contributed by atoms with Crippen LogP contribution in [0.4, 0.5) is 0 Å². The maximum atomic E-state index is 9.65. The second-order valence-electron chi connectivity index (χ2n) is 4.89. The topological polar surface area (TPSA) is 33.4 Å². The predicted molar refractivity (Wildman–Crippen MR) is 80.8 cm³/mol. The van der Waals surface area contributed by atoms with E-state index < -0.39 is 0 Å². The van der Waals surface area contributed by atoms with Crippen molar-refractivity contribution in [2.75, 3.05) is 0 Å². The molecule has 1 heterocycles. The molecule has 4 rings (SSSR count). The monoisotopic (exact) mass is 260 g/mol. The van der Waals surface area contributed by atoms with Gasteiger partial charge in [0.05, 0.1) is 6.26 Å². The number of hydrogen-bond acceptors (Lipinski definition) is 2. The summed E-state index contributed by atoms with van der Waals surface area (Å²) in [6, 6.07) is 19.7. The largest absolute Gasteiger partial charge is 0.508 e. The van der Waals surface area contributed by atoms with E-state index in [1.165, 1.54) is 10.8 Å². The first-order chi connectivity index (χ1) is 9.81. The van der Waals surface area contributed by atoms with E-state index in [1.807, 2.05) is 12.1 Å². The minimum atomic E-state index is 0.251. The number of phenols is 1. The molecule has 4 aromatic rings. The van der Waals surface area contributed by atoms with Crippen molar-refractivity contribution in [3.05, 3.63) is 66.9 Å². The lowest BCUT2D eigenvalue weighted by Gasteiger charge is -2.02. The Balaban J connectivity index is 1.98. The lowest BCUT2D eigenvalue weighted by Crippen LogP contribution is -1.77. The predicted octanol–water partition coefficient (Wildman–Crippen LogP) is 4.96. The molecule has 1 N–H and O–H groups in total. The van der Waals surface area contributed by atoms with Gasteiger partial charge in [-0.05, 0) is 40.6 Å². The summed E-state index contributed by atoms with van der Waals surface area (Å²) in [6.45, 7) is 0. The van der Waals surface area contributed by atoms with E-state index in [9.17, 15) is 5.11 Å². The average Bonchev–Trinajstić information content (AvgIpc) is 2.89. The zero-order valence-electron chi connectivity index (χ0n) is 10.7. The Kier molecular flexibility index (Phi) is 2.30. The van der Waals surface area contributed by atoms with Crippen LogP contribution in [0.2, 0.25) is 0 Å². The van der Waals surface area contributed by atoms with Crippen LogP contribution in [0, 0.1) is 0 Å². The Morgan fingerprint density at radius 2 is 1.65 bits per heavy atom. The molecule has 0 spiro atoms. The fourth-order valence-electron chi connectivity index (χ4n) is 2.60. The van der Waals surface area contributed by atoms with Crippen molar-refractivity contribution in [1.82, 2.24) is 0 Å². The number of fused-ring (bicyclic) bond motifs is 2. The lowest BCUT2D eigenvalue weighted by molar-refractivity contribution is 0.476. The Labute approximate surface area is 115 Å². The van der Waals surface area contributed by atoms with Gasteiger partial charge in [0, 0.05) is 10.9 Å². The fraction of sp³-hybridized carbons (Fsp3) is 0. The molecule has 0 aliphatic carbocycles. The van der Waals surface area contributed by atoms with Gasteiger partial charge in [0.15, 0.2) is 0 Å². The maximum Gasteiger partial charge on any atom is 0.134 e. The number of rotatable bonds is 1. The Morgan fingerprint density at radius 3 is 2.55 bits per heavy atom. The van der Waals surface area contributed by atoms with Crippen LogP contribution in [0.15, 0.2) is 71.3 Å². The highest BCUT2D eigenvalue weighted by atomic mass is 16.3. The van der Waals surface area contributed by atoms with Crippen LogP contribution in [0.1, 0.15) is 0 Å². The summed E-state index contributed by atoms with van der Waals surface area (Å²) in [6.07, 6.45) is 1.74. The molecule has 0 atom stereocenters. The van der Waals surface area contributed by atoms with Crippen molar-refractivity contribution in [3.8, 4) is 16.9 Å². The van der Waals surface area contributed by atoms with Gasteiger partial charge < -0.3 is 9.52 Å². The van der Waals surface area contributed by atoms with Crippen LogP contribution >= 0.6 is 0 Å². The van der Waals surface area contributed by atoms with Crippen molar-refractivity contribution >= 4 is 21.7 Å². The molecule has 0 radical (unpaired) electrons. The van der Waals surface area contributed by atoms with E-state index in [0.717, 1.165) is 22.1 Å². The van der Waals surface area contributed by atoms with Gasteiger partial charge in [-0.15, -0.1) is 0 Å². The van der Waals surface area contributed by atoms with Gasteiger partial charge in [-0.25, -0.2) is 0 Å². The van der Waals surface area contributed by atoms with E-state index >= 15 is 0 Å². The number of benzene rings is 3. The third-order valence-electron chi connectivity index (χ3n) is 3.62. The standard InChI is InChI=1S/C18H12O2/c19-15-7-8-18-16(10-15)17(11-20-18)14-6-5-12-3-1-2-4-13(12)9-14/h1-11,19H. The summed E-state index contributed by atoms with van der Waals surface area (Å²) in [5, 5.41) is 13.0. The first-order valence-corrected chi connectivity index (χ1v) is 6.51. The number of aromatic hydroxyl groups is 1. The smallest absolute Gasteiger partial charge is 0.134 e. The lowest BCUT2D eigenvalue weighted by atomic mass is 10.0. The number of phenolic OH excluding ortho intramolecular Hbond substituents is 1. The molecule has 20 heavy (non-hydrogen) atoms. The van der Waals surface area contributed by atoms with Crippen LogP contribution in [0.25, 0.3) is 32.9 Å². The van der Waals surface area contributed by atoms with Gasteiger partial charge in [0.1, 0.15) is 11.3 Å². The third kappa shape index (κ3) is 1.66. The minimum Gasteiger partial charge on any atom is -0.508 e. The molecule has 0 amide bonds. The van der Waals surface area contributed by atoms with Crippen molar-refractivity contribution in [1.29, 1.82) is 0 Å². The molecular weight excluding hydrogens is 248 g/mol. The first kappa shape index (κ1) is 11.1. The molecular formula is C18H12O2. The van der Waals surface area contributed by atoms with Crippen LogP contribution in [-0.4, -0.2) is 5.11 Å². The zero-order valence-corrected chi connectivity index (χ0v) is 10.7. The number of furan rings is 1. The van der Waals surface area contributed by atoms with Gasteiger partial charge >= 0.3 is 0 Å². The molecule has 0 bridgehead atoms. The molecule has 1 aromatic heterocycles. The highest BCUT2D eigenvalue weighted by molar-refractivity contribution is 5.97. The normalized spacial score (nSPS) is 11.2. The van der Waals surface area contributed by atoms with Crippen molar-refractivity contribution < 1.29 is 9.52 Å². The molecule has 0 aliphatic heterocycles. The average molecular weight is 260 g/mol. The Bertz CT molecular complexity index is 919. The molecule has 3 aromatic carbocycles. The molecule has 2 heteroatoms. The fourth-order valence-corrected chi connectivity index (χ4v) is 2.60. The Hall–Kier alpha value is -2.74. The third-order valence-corrected chi connectivity index (χ3v) is 3.62. The quantitative estimate of drug-likeness (QED) is 0.525. The van der Waals surface area contributed by atoms with Gasteiger partial charge in [-0.3, -0.25) is 0 Å². The highest BCUT2D eigenvalue weighted by Crippen LogP contribution is 2.34. The zero-order chi connectivity index (χ0) is 13.5. The summed E-state index contributed by atoms with van der Waals surface area (Å²) in [4.78, 5) is 0. The van der Waals surface area contributed by atoms with Gasteiger partial charge in [0.2, 0.25) is 0 Å². The molecule has 0 aliphatic rings. The van der Waals surface area contributed by atoms with Gasteiger partial charge in [0.25, 0.3) is 0 Å². The molecule has 0 saturated carbocycles. The summed E-state index contributed by atoms with van der Waals surface area (Å²) >= 11 is 0. The van der Waals surface area contributed by atoms with Crippen molar-refractivity contribution in [3.63, 3.8) is 0 Å². The van der Waals surface area contributed by atoms with Crippen LogP contribution in [0.5, 0.6) is 5.75 Å². The van der Waals surface area contributed by atoms with Gasteiger partial charge in [-0.1, -0.05) is 36.4 Å². The second kappa shape index (κ2) is 4.14. The molecule has 2 nitrogen and oxygen atoms in total. The van der Waals surface area contributed by atoms with Crippen LogP contribution < -0.4 is 0 Å². The van der Waals surface area contributed by atoms with Gasteiger partial charge in [-0.2, -0.15) is 0 Å². The summed E-state index contributed by atoms with van der Waals surface area (Å²) < 4.78 is 5.56.